The molecule has 2 N–H and O–H groups in total. The van der Waals surface area contributed by atoms with Gasteiger partial charge in [0.1, 0.15) is 0 Å². The Bertz CT molecular complexity index is 506. The first-order valence-electron chi connectivity index (χ1n) is 6.83. The minimum Gasteiger partial charge on any atom is -0.392 e. The van der Waals surface area contributed by atoms with Crippen LogP contribution in [0.3, 0.4) is 0 Å². The average molecular weight is 290 g/mol. The van der Waals surface area contributed by atoms with Crippen LogP contribution in [0.4, 0.5) is 0 Å². The fourth-order valence-electron chi connectivity index (χ4n) is 2.14. The molecule has 1 aromatic carbocycles. The number of aliphatic hydroxyl groups excluding tert-OH is 1. The second-order valence-electron chi connectivity index (χ2n) is 5.31. The first-order chi connectivity index (χ1) is 9.62. The lowest BCUT2D eigenvalue weighted by atomic mass is 10.1. The number of hydrazine groups is 1. The topological polar surface area (TPSA) is 35.5 Å². The molecule has 0 unspecified atom stereocenters. The molecule has 3 nitrogen and oxygen atoms in total. The van der Waals surface area contributed by atoms with Gasteiger partial charge in [-0.15, -0.1) is 11.8 Å². The molecule has 0 aromatic heterocycles. The van der Waals surface area contributed by atoms with E-state index >= 15 is 0 Å². The van der Waals surface area contributed by atoms with Crippen molar-refractivity contribution in [1.82, 2.24) is 10.4 Å². The van der Waals surface area contributed by atoms with Crippen molar-refractivity contribution in [2.45, 2.75) is 18.7 Å². The van der Waals surface area contributed by atoms with Gasteiger partial charge in [-0.3, -0.25) is 10.4 Å². The number of rotatable bonds is 5. The van der Waals surface area contributed by atoms with Crippen LogP contribution in [0.25, 0.3) is 5.70 Å². The smallest absolute Gasteiger partial charge is 0.0697 e. The Hall–Kier alpha value is -1.39. The molecular weight excluding hydrogens is 268 g/mol. The number of nitrogens with one attached hydrogen (secondary N) is 1. The second-order valence-corrected chi connectivity index (χ2v) is 6.19. The molecule has 2 rings (SSSR count). The summed E-state index contributed by atoms with van der Waals surface area (Å²) in [6, 6.07) is 8.45. The van der Waals surface area contributed by atoms with Crippen molar-refractivity contribution in [1.29, 1.82) is 0 Å². The van der Waals surface area contributed by atoms with E-state index in [2.05, 4.69) is 49.8 Å². The van der Waals surface area contributed by atoms with Gasteiger partial charge in [-0.05, 0) is 41.5 Å². The lowest BCUT2D eigenvalue weighted by molar-refractivity contribution is 0.271. The van der Waals surface area contributed by atoms with Crippen LogP contribution in [0.1, 0.15) is 19.4 Å². The Kier molecular flexibility index (Phi) is 5.15. The fraction of sp³-hybridized carbons (Fsp3) is 0.375. The summed E-state index contributed by atoms with van der Waals surface area (Å²) >= 11 is 1.74. The van der Waals surface area contributed by atoms with Gasteiger partial charge in [0.2, 0.25) is 0 Å². The molecule has 20 heavy (non-hydrogen) atoms. The van der Waals surface area contributed by atoms with Gasteiger partial charge in [-0.1, -0.05) is 26.0 Å². The van der Waals surface area contributed by atoms with Gasteiger partial charge in [-0.2, -0.15) is 0 Å². The number of hydrogen-bond acceptors (Lipinski definition) is 4. The van der Waals surface area contributed by atoms with Gasteiger partial charge in [0, 0.05) is 17.6 Å². The van der Waals surface area contributed by atoms with Crippen molar-refractivity contribution in [3.05, 3.63) is 47.7 Å². The fourth-order valence-corrected chi connectivity index (χ4v) is 2.55. The van der Waals surface area contributed by atoms with E-state index in [1.54, 1.807) is 11.8 Å². The number of aliphatic hydroxyl groups is 1. The average Bonchev–Trinajstić information content (AvgIpc) is 2.46. The molecular formula is C16H22N2OS. The largest absolute Gasteiger partial charge is 0.392 e. The van der Waals surface area contributed by atoms with E-state index in [9.17, 15) is 5.11 Å². The summed E-state index contributed by atoms with van der Waals surface area (Å²) in [6.07, 6.45) is 6.05. The monoisotopic (exact) mass is 290 g/mol. The molecule has 0 spiro atoms. The quantitative estimate of drug-likeness (QED) is 0.817. The Balaban J connectivity index is 2.21. The van der Waals surface area contributed by atoms with E-state index in [-0.39, 0.29) is 6.61 Å². The zero-order chi connectivity index (χ0) is 14.5. The van der Waals surface area contributed by atoms with E-state index in [0.717, 1.165) is 23.4 Å². The Morgan fingerprint density at radius 2 is 1.95 bits per heavy atom. The molecule has 0 aliphatic carbocycles. The number of nitrogens with zero attached hydrogens (tertiary/aromatic N) is 1. The first-order valence-corrected chi connectivity index (χ1v) is 8.06. The summed E-state index contributed by atoms with van der Waals surface area (Å²) in [4.78, 5) is 1.25. The first kappa shape index (κ1) is 15.0. The van der Waals surface area contributed by atoms with Crippen molar-refractivity contribution >= 4 is 17.5 Å². The normalized spacial score (nSPS) is 14.9. The summed E-state index contributed by atoms with van der Waals surface area (Å²) in [5.41, 5.74) is 6.49. The second kappa shape index (κ2) is 6.86. The van der Waals surface area contributed by atoms with E-state index < -0.39 is 0 Å². The van der Waals surface area contributed by atoms with Crippen LogP contribution in [0, 0.1) is 5.92 Å². The third-order valence-electron chi connectivity index (χ3n) is 3.06. The Morgan fingerprint density at radius 1 is 1.25 bits per heavy atom. The molecule has 1 aliphatic heterocycles. The van der Waals surface area contributed by atoms with Crippen molar-refractivity contribution in [2.24, 2.45) is 5.92 Å². The summed E-state index contributed by atoms with van der Waals surface area (Å²) < 4.78 is 0. The zero-order valence-corrected chi connectivity index (χ0v) is 13.1. The minimum absolute atomic E-state index is 0.0582. The molecule has 4 heteroatoms. The third kappa shape index (κ3) is 3.81. The van der Waals surface area contributed by atoms with Gasteiger partial charge in [0.25, 0.3) is 0 Å². The van der Waals surface area contributed by atoms with E-state index in [1.165, 1.54) is 4.90 Å². The van der Waals surface area contributed by atoms with Crippen molar-refractivity contribution in [3.8, 4) is 0 Å². The summed E-state index contributed by atoms with van der Waals surface area (Å²) in [7, 11) is 0. The van der Waals surface area contributed by atoms with Crippen molar-refractivity contribution in [3.63, 3.8) is 0 Å². The van der Waals surface area contributed by atoms with Gasteiger partial charge >= 0.3 is 0 Å². The van der Waals surface area contributed by atoms with E-state index in [4.69, 9.17) is 0 Å². The third-order valence-corrected chi connectivity index (χ3v) is 3.80. The van der Waals surface area contributed by atoms with Gasteiger partial charge in [0.05, 0.1) is 12.3 Å². The number of benzene rings is 1. The van der Waals surface area contributed by atoms with Gasteiger partial charge < -0.3 is 5.11 Å². The van der Waals surface area contributed by atoms with E-state index in [0.29, 0.717) is 5.92 Å². The van der Waals surface area contributed by atoms with Gasteiger partial charge in [0.15, 0.2) is 0 Å². The Labute approximate surface area is 125 Å². The van der Waals surface area contributed by atoms with Crippen LogP contribution in [0.2, 0.25) is 0 Å². The molecule has 0 bridgehead atoms. The van der Waals surface area contributed by atoms with Crippen molar-refractivity contribution in [2.75, 3.05) is 19.4 Å². The predicted octanol–water partition coefficient (Wildman–Crippen LogP) is 3.10. The molecule has 1 aliphatic rings. The highest BCUT2D eigenvalue weighted by molar-refractivity contribution is 7.98. The van der Waals surface area contributed by atoms with Crippen LogP contribution in [0.5, 0.6) is 0 Å². The summed E-state index contributed by atoms with van der Waals surface area (Å²) in [6.45, 7) is 5.32. The molecule has 1 heterocycles. The molecule has 0 fully saturated rings. The zero-order valence-electron chi connectivity index (χ0n) is 12.3. The lowest BCUT2D eigenvalue weighted by Crippen LogP contribution is -2.37. The molecule has 0 radical (unpaired) electrons. The molecule has 0 amide bonds. The number of hydrogen-bond donors (Lipinski definition) is 2. The van der Waals surface area contributed by atoms with Gasteiger partial charge in [-0.25, -0.2) is 0 Å². The lowest BCUT2D eigenvalue weighted by Gasteiger charge is -2.30. The standard InChI is InChI=1S/C16H22N2OS/c1-12(2)9-18-10-13(11-19)8-16(17-18)14-4-6-15(20-3)7-5-14/h4-8,10,12,17,19H,9,11H2,1-3H3. The maximum absolute atomic E-state index is 9.42. The van der Waals surface area contributed by atoms with Crippen molar-refractivity contribution < 1.29 is 5.11 Å². The molecule has 0 atom stereocenters. The molecule has 108 valence electrons. The summed E-state index contributed by atoms with van der Waals surface area (Å²) in [5, 5.41) is 11.5. The maximum Gasteiger partial charge on any atom is 0.0697 e. The van der Waals surface area contributed by atoms with Crippen LogP contribution in [-0.2, 0) is 0 Å². The van der Waals surface area contributed by atoms with Crippen LogP contribution in [0.15, 0.2) is 47.0 Å². The van der Waals surface area contributed by atoms with E-state index in [1.807, 2.05) is 17.3 Å². The highest BCUT2D eigenvalue weighted by Crippen LogP contribution is 2.22. The predicted molar refractivity (Wildman–Crippen MR) is 86.0 cm³/mol. The highest BCUT2D eigenvalue weighted by atomic mass is 32.2. The molecule has 0 saturated carbocycles. The SMILES string of the molecule is CSc1ccc(C2=CC(CO)=CN(CC(C)C)N2)cc1. The minimum atomic E-state index is 0.0582. The summed E-state index contributed by atoms with van der Waals surface area (Å²) in [5.74, 6) is 0.553. The number of thioether (sulfide) groups is 1. The van der Waals surface area contributed by atoms with Crippen LogP contribution in [-0.4, -0.2) is 29.5 Å². The van der Waals surface area contributed by atoms with Crippen LogP contribution < -0.4 is 5.43 Å². The maximum atomic E-state index is 9.42. The highest BCUT2D eigenvalue weighted by Gasteiger charge is 2.13. The Morgan fingerprint density at radius 3 is 2.50 bits per heavy atom. The van der Waals surface area contributed by atoms with Crippen LogP contribution >= 0.6 is 11.8 Å². The molecule has 0 saturated heterocycles. The molecule has 1 aromatic rings.